The Hall–Kier alpha value is -3.58. The van der Waals surface area contributed by atoms with E-state index in [-0.39, 0.29) is 17.9 Å². The predicted octanol–water partition coefficient (Wildman–Crippen LogP) is 4.93. The standard InChI is InChI=1S/C25H23NO5S/c1-3-31-19-7-4-6-17(14-19)22-21(23(27)20-8-5-13-32-20)24(28)25(29)26(22)15-16-9-11-18(30-2)12-10-16/h4-14,22,28H,3,15H2,1-2H3. The number of carbonyl (C=O) groups is 2. The number of ether oxygens (including phenoxy) is 2. The third-order valence-corrected chi connectivity index (χ3v) is 6.16. The van der Waals surface area contributed by atoms with E-state index in [2.05, 4.69) is 0 Å². The number of hydrogen-bond acceptors (Lipinski definition) is 6. The predicted molar refractivity (Wildman–Crippen MR) is 122 cm³/mol. The molecule has 164 valence electrons. The normalized spacial score (nSPS) is 15.9. The van der Waals surface area contributed by atoms with E-state index in [0.29, 0.717) is 28.5 Å². The van der Waals surface area contributed by atoms with Crippen LogP contribution in [0.15, 0.2) is 77.4 Å². The van der Waals surface area contributed by atoms with Gasteiger partial charge in [0, 0.05) is 6.54 Å². The Balaban J connectivity index is 1.77. The Morgan fingerprint density at radius 2 is 1.88 bits per heavy atom. The summed E-state index contributed by atoms with van der Waals surface area (Å²) in [6.07, 6.45) is 0. The fraction of sp³-hybridized carbons (Fsp3) is 0.200. The molecule has 2 aromatic carbocycles. The van der Waals surface area contributed by atoms with Crippen molar-refractivity contribution in [1.29, 1.82) is 0 Å². The summed E-state index contributed by atoms with van der Waals surface area (Å²) in [5.74, 6) is -0.0979. The second kappa shape index (κ2) is 9.28. The van der Waals surface area contributed by atoms with Gasteiger partial charge in [-0.25, -0.2) is 0 Å². The van der Waals surface area contributed by atoms with Crippen LogP contribution in [-0.4, -0.2) is 35.4 Å². The van der Waals surface area contributed by atoms with Crippen molar-refractivity contribution >= 4 is 23.0 Å². The zero-order chi connectivity index (χ0) is 22.7. The van der Waals surface area contributed by atoms with Gasteiger partial charge in [0.25, 0.3) is 5.91 Å². The number of rotatable bonds is 8. The first-order valence-electron chi connectivity index (χ1n) is 10.2. The van der Waals surface area contributed by atoms with Crippen LogP contribution in [0.2, 0.25) is 0 Å². The molecule has 7 heteroatoms. The minimum Gasteiger partial charge on any atom is -0.503 e. The van der Waals surface area contributed by atoms with Gasteiger partial charge in [-0.15, -0.1) is 11.3 Å². The van der Waals surface area contributed by atoms with Crippen LogP contribution in [0, 0.1) is 0 Å². The third kappa shape index (κ3) is 4.11. The van der Waals surface area contributed by atoms with Crippen LogP contribution in [0.3, 0.4) is 0 Å². The number of amides is 1. The van der Waals surface area contributed by atoms with Gasteiger partial charge in [-0.05, 0) is 53.8 Å². The van der Waals surface area contributed by atoms with Crippen molar-refractivity contribution in [2.45, 2.75) is 19.5 Å². The van der Waals surface area contributed by atoms with Gasteiger partial charge >= 0.3 is 0 Å². The van der Waals surface area contributed by atoms with Crippen molar-refractivity contribution in [2.24, 2.45) is 0 Å². The number of Topliss-reactive ketones (excluding diaryl/α,β-unsaturated/α-hetero) is 1. The molecule has 6 nitrogen and oxygen atoms in total. The van der Waals surface area contributed by atoms with Gasteiger partial charge in [0.1, 0.15) is 11.5 Å². The Morgan fingerprint density at radius 3 is 2.53 bits per heavy atom. The summed E-state index contributed by atoms with van der Waals surface area (Å²) in [5.41, 5.74) is 1.63. The molecule has 1 aliphatic heterocycles. The van der Waals surface area contributed by atoms with Gasteiger partial charge in [-0.2, -0.15) is 0 Å². The zero-order valence-electron chi connectivity index (χ0n) is 17.8. The number of hydrogen-bond donors (Lipinski definition) is 1. The van der Waals surface area contributed by atoms with Crippen LogP contribution in [0.4, 0.5) is 0 Å². The van der Waals surface area contributed by atoms with Gasteiger partial charge in [0.15, 0.2) is 5.76 Å². The molecule has 4 rings (SSSR count). The summed E-state index contributed by atoms with van der Waals surface area (Å²) in [5, 5.41) is 12.6. The molecule has 0 aliphatic carbocycles. The second-order valence-electron chi connectivity index (χ2n) is 7.26. The molecule has 0 saturated heterocycles. The summed E-state index contributed by atoms with van der Waals surface area (Å²) in [4.78, 5) is 28.4. The lowest BCUT2D eigenvalue weighted by Crippen LogP contribution is -2.30. The molecule has 32 heavy (non-hydrogen) atoms. The van der Waals surface area contributed by atoms with Crippen LogP contribution in [-0.2, 0) is 11.3 Å². The average Bonchev–Trinajstić information content (AvgIpc) is 3.43. The van der Waals surface area contributed by atoms with E-state index >= 15 is 0 Å². The first kappa shape index (κ1) is 21.6. The SMILES string of the molecule is CCOc1cccc(C2C(C(=O)c3cccs3)=C(O)C(=O)N2Cc2ccc(OC)cc2)c1. The molecular formula is C25H23NO5S. The molecule has 1 unspecified atom stereocenters. The van der Waals surface area contributed by atoms with Crippen LogP contribution in [0.25, 0.3) is 0 Å². The van der Waals surface area contributed by atoms with Crippen LogP contribution >= 0.6 is 11.3 Å². The van der Waals surface area contributed by atoms with Crippen molar-refractivity contribution in [1.82, 2.24) is 4.90 Å². The average molecular weight is 450 g/mol. The monoisotopic (exact) mass is 449 g/mol. The van der Waals surface area contributed by atoms with E-state index < -0.39 is 17.7 Å². The van der Waals surface area contributed by atoms with E-state index in [1.54, 1.807) is 24.6 Å². The molecule has 3 aromatic rings. The van der Waals surface area contributed by atoms with Gasteiger partial charge < -0.3 is 19.5 Å². The van der Waals surface area contributed by atoms with Crippen molar-refractivity contribution in [2.75, 3.05) is 13.7 Å². The molecule has 0 fully saturated rings. The third-order valence-electron chi connectivity index (χ3n) is 5.29. The van der Waals surface area contributed by atoms with E-state index in [0.717, 1.165) is 5.56 Å². The Labute approximate surface area is 190 Å². The highest BCUT2D eigenvalue weighted by Crippen LogP contribution is 2.41. The summed E-state index contributed by atoms with van der Waals surface area (Å²) in [6, 6.07) is 17.3. The number of thiophene rings is 1. The van der Waals surface area contributed by atoms with Crippen molar-refractivity contribution in [3.05, 3.63) is 93.4 Å². The van der Waals surface area contributed by atoms with E-state index in [4.69, 9.17) is 9.47 Å². The Bertz CT molecular complexity index is 1150. The molecule has 2 heterocycles. The van der Waals surface area contributed by atoms with Crippen LogP contribution in [0.5, 0.6) is 11.5 Å². The first-order valence-corrected chi connectivity index (χ1v) is 11.1. The summed E-state index contributed by atoms with van der Waals surface area (Å²) in [6.45, 7) is 2.60. The highest BCUT2D eigenvalue weighted by atomic mass is 32.1. The maximum Gasteiger partial charge on any atom is 0.290 e. The molecule has 1 N–H and O–H groups in total. The summed E-state index contributed by atoms with van der Waals surface area (Å²) < 4.78 is 10.8. The van der Waals surface area contributed by atoms with E-state index in [1.807, 2.05) is 55.5 Å². The smallest absolute Gasteiger partial charge is 0.290 e. The molecule has 0 spiro atoms. The number of benzene rings is 2. The molecular weight excluding hydrogens is 426 g/mol. The van der Waals surface area contributed by atoms with E-state index in [9.17, 15) is 14.7 Å². The van der Waals surface area contributed by atoms with Crippen molar-refractivity contribution < 1.29 is 24.2 Å². The summed E-state index contributed by atoms with van der Waals surface area (Å²) in [7, 11) is 1.59. The van der Waals surface area contributed by atoms with Gasteiger partial charge in [0.2, 0.25) is 5.78 Å². The first-order chi connectivity index (χ1) is 15.5. The Morgan fingerprint density at radius 1 is 1.09 bits per heavy atom. The lowest BCUT2D eigenvalue weighted by molar-refractivity contribution is -0.130. The Kier molecular flexibility index (Phi) is 6.28. The lowest BCUT2D eigenvalue weighted by atomic mass is 9.95. The molecule has 0 radical (unpaired) electrons. The van der Waals surface area contributed by atoms with Crippen LogP contribution < -0.4 is 9.47 Å². The zero-order valence-corrected chi connectivity index (χ0v) is 18.6. The van der Waals surface area contributed by atoms with Crippen molar-refractivity contribution in [3.63, 3.8) is 0 Å². The second-order valence-corrected chi connectivity index (χ2v) is 8.21. The number of aliphatic hydroxyl groups is 1. The fourth-order valence-corrected chi connectivity index (χ4v) is 4.48. The van der Waals surface area contributed by atoms with Crippen LogP contribution in [0.1, 0.15) is 33.8 Å². The summed E-state index contributed by atoms with van der Waals surface area (Å²) >= 11 is 1.28. The highest BCUT2D eigenvalue weighted by Gasteiger charge is 2.44. The number of aliphatic hydroxyl groups excluding tert-OH is 1. The van der Waals surface area contributed by atoms with Gasteiger partial charge in [-0.3, -0.25) is 9.59 Å². The molecule has 1 aromatic heterocycles. The number of methoxy groups -OCH3 is 1. The van der Waals surface area contributed by atoms with Crippen molar-refractivity contribution in [3.8, 4) is 11.5 Å². The molecule has 0 saturated carbocycles. The number of ketones is 1. The minimum absolute atomic E-state index is 0.0830. The maximum atomic E-state index is 13.3. The van der Waals surface area contributed by atoms with E-state index in [1.165, 1.54) is 16.2 Å². The van der Waals surface area contributed by atoms with Gasteiger partial charge in [0.05, 0.1) is 30.2 Å². The molecule has 1 atom stereocenters. The van der Waals surface area contributed by atoms with Gasteiger partial charge in [-0.1, -0.05) is 30.3 Å². The molecule has 0 bridgehead atoms. The largest absolute Gasteiger partial charge is 0.503 e. The maximum absolute atomic E-state index is 13.3. The quantitative estimate of drug-likeness (QED) is 0.493. The topological polar surface area (TPSA) is 76.1 Å². The fourth-order valence-electron chi connectivity index (χ4n) is 3.80. The lowest BCUT2D eigenvalue weighted by Gasteiger charge is -2.27. The molecule has 1 amide bonds. The highest BCUT2D eigenvalue weighted by molar-refractivity contribution is 7.12. The number of carbonyl (C=O) groups excluding carboxylic acids is 2. The minimum atomic E-state index is -0.736. The molecule has 1 aliphatic rings. The number of nitrogens with zero attached hydrogens (tertiary/aromatic N) is 1.